The Morgan fingerprint density at radius 2 is 2.12 bits per heavy atom. The zero-order chi connectivity index (χ0) is 12.8. The SMILES string of the molecule is Cc1ccc2c(c1)N(C)C(=O)C2(O)CC(=O)O. The molecule has 1 aliphatic rings. The second-order valence-electron chi connectivity index (χ2n) is 4.32. The average Bonchev–Trinajstić information content (AvgIpc) is 2.40. The molecule has 2 rings (SSSR count). The number of aliphatic carboxylic acids is 1. The molecular weight excluding hydrogens is 222 g/mol. The predicted octanol–water partition coefficient (Wildman–Crippen LogP) is 0.634. The smallest absolute Gasteiger partial charge is 0.307 e. The number of carbonyl (C=O) groups is 2. The molecule has 0 spiro atoms. The van der Waals surface area contributed by atoms with Gasteiger partial charge >= 0.3 is 5.97 Å². The van der Waals surface area contributed by atoms with Crippen LogP contribution >= 0.6 is 0 Å². The Labute approximate surface area is 98.3 Å². The molecule has 0 saturated heterocycles. The van der Waals surface area contributed by atoms with Crippen molar-refractivity contribution < 1.29 is 19.8 Å². The van der Waals surface area contributed by atoms with Gasteiger partial charge in [-0.3, -0.25) is 9.59 Å². The Morgan fingerprint density at radius 1 is 1.47 bits per heavy atom. The van der Waals surface area contributed by atoms with Crippen molar-refractivity contribution >= 4 is 17.6 Å². The number of carbonyl (C=O) groups excluding carboxylic acids is 1. The molecule has 0 fully saturated rings. The number of hydrogen-bond acceptors (Lipinski definition) is 3. The monoisotopic (exact) mass is 235 g/mol. The third-order valence-electron chi connectivity index (χ3n) is 3.03. The van der Waals surface area contributed by atoms with Gasteiger partial charge in [0.25, 0.3) is 5.91 Å². The van der Waals surface area contributed by atoms with E-state index in [-0.39, 0.29) is 0 Å². The lowest BCUT2D eigenvalue weighted by Crippen LogP contribution is -2.40. The number of hydrogen-bond donors (Lipinski definition) is 2. The van der Waals surface area contributed by atoms with Crippen LogP contribution in [-0.2, 0) is 15.2 Å². The minimum absolute atomic E-state index is 0.359. The van der Waals surface area contributed by atoms with E-state index >= 15 is 0 Å². The zero-order valence-electron chi connectivity index (χ0n) is 9.60. The van der Waals surface area contributed by atoms with Crippen LogP contribution in [-0.4, -0.2) is 29.1 Å². The second kappa shape index (κ2) is 3.56. The highest BCUT2D eigenvalue weighted by atomic mass is 16.4. The molecule has 0 aromatic heterocycles. The van der Waals surface area contributed by atoms with Gasteiger partial charge < -0.3 is 15.1 Å². The second-order valence-corrected chi connectivity index (χ2v) is 4.32. The maximum absolute atomic E-state index is 11.9. The van der Waals surface area contributed by atoms with Crippen molar-refractivity contribution in [3.63, 3.8) is 0 Å². The van der Waals surface area contributed by atoms with E-state index in [0.717, 1.165) is 5.56 Å². The van der Waals surface area contributed by atoms with Crippen LogP contribution in [0.4, 0.5) is 5.69 Å². The zero-order valence-corrected chi connectivity index (χ0v) is 9.60. The van der Waals surface area contributed by atoms with Crippen molar-refractivity contribution in [3.05, 3.63) is 29.3 Å². The molecule has 1 aliphatic heterocycles. The molecule has 2 N–H and O–H groups in total. The highest BCUT2D eigenvalue weighted by Gasteiger charge is 2.49. The van der Waals surface area contributed by atoms with Crippen LogP contribution in [0.5, 0.6) is 0 Å². The van der Waals surface area contributed by atoms with E-state index in [1.54, 1.807) is 18.2 Å². The van der Waals surface area contributed by atoms with E-state index in [0.29, 0.717) is 11.3 Å². The number of carboxylic acids is 1. The summed E-state index contributed by atoms with van der Waals surface area (Å²) >= 11 is 0. The Kier molecular flexibility index (Phi) is 2.43. The lowest BCUT2D eigenvalue weighted by Gasteiger charge is -2.19. The molecule has 5 nitrogen and oxygen atoms in total. The van der Waals surface area contributed by atoms with Crippen LogP contribution in [0.25, 0.3) is 0 Å². The third-order valence-corrected chi connectivity index (χ3v) is 3.03. The Morgan fingerprint density at radius 3 is 2.71 bits per heavy atom. The quantitative estimate of drug-likeness (QED) is 0.788. The van der Waals surface area contributed by atoms with Crippen molar-refractivity contribution in [3.8, 4) is 0 Å². The van der Waals surface area contributed by atoms with Crippen molar-refractivity contribution in [2.45, 2.75) is 18.9 Å². The van der Waals surface area contributed by atoms with Crippen LogP contribution in [0.3, 0.4) is 0 Å². The maximum atomic E-state index is 11.9. The number of aliphatic hydroxyl groups is 1. The molecule has 1 aromatic rings. The van der Waals surface area contributed by atoms with Crippen LogP contribution in [0.1, 0.15) is 17.5 Å². The number of rotatable bonds is 2. The lowest BCUT2D eigenvalue weighted by molar-refractivity contribution is -0.150. The van der Waals surface area contributed by atoms with Crippen LogP contribution in [0.2, 0.25) is 0 Å². The van der Waals surface area contributed by atoms with Gasteiger partial charge in [0.05, 0.1) is 12.1 Å². The largest absolute Gasteiger partial charge is 0.481 e. The van der Waals surface area contributed by atoms with Crippen LogP contribution in [0.15, 0.2) is 18.2 Å². The molecule has 5 heteroatoms. The molecule has 0 saturated carbocycles. The Bertz CT molecular complexity index is 511. The summed E-state index contributed by atoms with van der Waals surface area (Å²) in [6.45, 7) is 1.87. The van der Waals surface area contributed by atoms with E-state index in [9.17, 15) is 14.7 Å². The summed E-state index contributed by atoms with van der Waals surface area (Å²) in [6.07, 6.45) is -0.619. The summed E-state index contributed by atoms with van der Waals surface area (Å²) in [5, 5.41) is 19.1. The third kappa shape index (κ3) is 1.59. The number of nitrogens with zero attached hydrogens (tertiary/aromatic N) is 1. The van der Waals surface area contributed by atoms with Gasteiger partial charge in [-0.25, -0.2) is 0 Å². The van der Waals surface area contributed by atoms with Crippen molar-refractivity contribution in [2.75, 3.05) is 11.9 Å². The summed E-state index contributed by atoms with van der Waals surface area (Å²) in [6, 6.07) is 5.11. The summed E-state index contributed by atoms with van der Waals surface area (Å²) in [4.78, 5) is 24.0. The molecule has 0 aliphatic carbocycles. The van der Waals surface area contributed by atoms with E-state index < -0.39 is 23.9 Å². The summed E-state index contributed by atoms with van der Waals surface area (Å²) < 4.78 is 0. The molecule has 0 radical (unpaired) electrons. The van der Waals surface area contributed by atoms with Gasteiger partial charge in [0.1, 0.15) is 0 Å². The molecule has 1 aromatic carbocycles. The van der Waals surface area contributed by atoms with E-state index in [2.05, 4.69) is 0 Å². The summed E-state index contributed by atoms with van der Waals surface area (Å²) in [5.41, 5.74) is -0.0661. The Balaban J connectivity index is 2.58. The number of amides is 1. The number of likely N-dealkylation sites (N-methyl/N-ethyl adjacent to an activating group) is 1. The van der Waals surface area contributed by atoms with Crippen molar-refractivity contribution in [2.24, 2.45) is 0 Å². The molecule has 17 heavy (non-hydrogen) atoms. The van der Waals surface area contributed by atoms with Gasteiger partial charge in [-0.05, 0) is 18.6 Å². The van der Waals surface area contributed by atoms with Gasteiger partial charge in [-0.2, -0.15) is 0 Å². The minimum atomic E-state index is -1.94. The highest BCUT2D eigenvalue weighted by Crippen LogP contribution is 2.41. The average molecular weight is 235 g/mol. The first kappa shape index (κ1) is 11.6. The lowest BCUT2D eigenvalue weighted by atomic mass is 9.91. The normalized spacial score (nSPS) is 22.8. The number of fused-ring (bicyclic) bond motifs is 1. The summed E-state index contributed by atoms with van der Waals surface area (Å²) in [7, 11) is 1.53. The first-order valence-electron chi connectivity index (χ1n) is 5.20. The standard InChI is InChI=1S/C12H13NO4/c1-7-3-4-8-9(5-7)13(2)11(16)12(8,17)6-10(14)15/h3-5,17H,6H2,1-2H3,(H,14,15). The fourth-order valence-electron chi connectivity index (χ4n) is 2.16. The van der Waals surface area contributed by atoms with E-state index in [4.69, 9.17) is 5.11 Å². The van der Waals surface area contributed by atoms with Crippen molar-refractivity contribution in [1.82, 2.24) is 0 Å². The Hall–Kier alpha value is -1.88. The van der Waals surface area contributed by atoms with E-state index in [1.165, 1.54) is 11.9 Å². The van der Waals surface area contributed by atoms with Gasteiger partial charge in [-0.15, -0.1) is 0 Å². The molecular formula is C12H13NO4. The molecule has 90 valence electrons. The maximum Gasteiger partial charge on any atom is 0.307 e. The van der Waals surface area contributed by atoms with E-state index in [1.807, 2.05) is 6.92 Å². The number of anilines is 1. The number of benzene rings is 1. The van der Waals surface area contributed by atoms with Gasteiger partial charge in [0, 0.05) is 12.6 Å². The van der Waals surface area contributed by atoms with Crippen molar-refractivity contribution in [1.29, 1.82) is 0 Å². The highest BCUT2D eigenvalue weighted by molar-refractivity contribution is 6.08. The molecule has 1 amide bonds. The first-order valence-corrected chi connectivity index (χ1v) is 5.20. The number of carboxylic acid groups (broad SMARTS) is 1. The molecule has 0 bridgehead atoms. The number of aryl methyl sites for hydroxylation is 1. The van der Waals surface area contributed by atoms with Crippen LogP contribution < -0.4 is 4.90 Å². The first-order chi connectivity index (χ1) is 7.86. The predicted molar refractivity (Wildman–Crippen MR) is 60.7 cm³/mol. The topological polar surface area (TPSA) is 77.8 Å². The molecule has 1 heterocycles. The summed E-state index contributed by atoms with van der Waals surface area (Å²) in [5.74, 6) is -1.80. The van der Waals surface area contributed by atoms with Gasteiger partial charge in [-0.1, -0.05) is 12.1 Å². The fourth-order valence-corrected chi connectivity index (χ4v) is 2.16. The molecule has 1 atom stereocenters. The van der Waals surface area contributed by atoms with Gasteiger partial charge in [0.2, 0.25) is 0 Å². The van der Waals surface area contributed by atoms with Gasteiger partial charge in [0.15, 0.2) is 5.60 Å². The molecule has 1 unspecified atom stereocenters. The fraction of sp³-hybridized carbons (Fsp3) is 0.333. The van der Waals surface area contributed by atoms with Crippen LogP contribution in [0, 0.1) is 6.92 Å². The minimum Gasteiger partial charge on any atom is -0.481 e.